The zero-order valence-electron chi connectivity index (χ0n) is 26.3. The van der Waals surface area contributed by atoms with E-state index in [1.807, 2.05) is 74.6 Å². The summed E-state index contributed by atoms with van der Waals surface area (Å²) in [6, 6.07) is 15.9. The Hall–Kier alpha value is -4.60. The van der Waals surface area contributed by atoms with Gasteiger partial charge < -0.3 is 30.7 Å². The van der Waals surface area contributed by atoms with Gasteiger partial charge in [0.25, 0.3) is 0 Å². The van der Waals surface area contributed by atoms with Crippen LogP contribution in [0.25, 0.3) is 10.9 Å². The highest BCUT2D eigenvalue weighted by atomic mass is 16.5. The third kappa shape index (κ3) is 8.53. The Morgan fingerprint density at radius 2 is 1.71 bits per heavy atom. The van der Waals surface area contributed by atoms with Gasteiger partial charge in [-0.05, 0) is 49.3 Å². The smallest absolute Gasteiger partial charge is 0.359 e. The number of hydrogen-bond donors (Lipinski definition) is 5. The molecule has 10 heteroatoms. The maximum atomic E-state index is 13.9. The molecule has 238 valence electrons. The molecule has 5 rings (SSSR count). The standard InChI is InChI=1S/C35H44N6O4/c1-22(2)18-30(40-35(44)38-26-14-8-5-9-15-26)33(42)39-29(19-25-20-36-28-17-11-10-16-27(25)28)32-37-23(3)31(41-32)34(43)45-21-24-12-6-4-7-13-24/h4,6-7,10-13,16-17,20,22,26,29-30,36H,5,8-9,14-15,18-19,21H2,1-3H3,(H,37,41)(H,39,42)(H2,38,40,44)/t29-,30+/m1/s1. The summed E-state index contributed by atoms with van der Waals surface area (Å²) in [6.45, 7) is 5.93. The Bertz CT molecular complexity index is 1590. The van der Waals surface area contributed by atoms with Gasteiger partial charge in [0.2, 0.25) is 5.91 Å². The number of imidazole rings is 1. The number of hydrogen-bond acceptors (Lipinski definition) is 5. The molecule has 1 aliphatic carbocycles. The minimum Gasteiger partial charge on any atom is -0.456 e. The predicted molar refractivity (Wildman–Crippen MR) is 174 cm³/mol. The van der Waals surface area contributed by atoms with Crippen molar-refractivity contribution >= 4 is 28.8 Å². The predicted octanol–water partition coefficient (Wildman–Crippen LogP) is 6.00. The van der Waals surface area contributed by atoms with Crippen molar-refractivity contribution < 1.29 is 19.1 Å². The number of aromatic amines is 2. The first kappa shape index (κ1) is 31.8. The number of fused-ring (bicyclic) bond motifs is 1. The first-order valence-electron chi connectivity index (χ1n) is 16.0. The van der Waals surface area contributed by atoms with Gasteiger partial charge in [-0.25, -0.2) is 14.6 Å². The van der Waals surface area contributed by atoms with E-state index < -0.39 is 18.1 Å². The molecule has 2 atom stereocenters. The van der Waals surface area contributed by atoms with Crippen LogP contribution in [0.2, 0.25) is 0 Å². The van der Waals surface area contributed by atoms with Crippen molar-refractivity contribution in [1.82, 2.24) is 30.9 Å². The van der Waals surface area contributed by atoms with Crippen LogP contribution in [0.1, 0.15) is 91.5 Å². The first-order valence-corrected chi connectivity index (χ1v) is 16.0. The van der Waals surface area contributed by atoms with Gasteiger partial charge in [0.1, 0.15) is 18.5 Å². The van der Waals surface area contributed by atoms with E-state index >= 15 is 0 Å². The van der Waals surface area contributed by atoms with Gasteiger partial charge in [0.15, 0.2) is 5.69 Å². The lowest BCUT2D eigenvalue weighted by Crippen LogP contribution is -2.53. The lowest BCUT2D eigenvalue weighted by molar-refractivity contribution is -0.124. The number of para-hydroxylation sites is 1. The molecule has 0 bridgehead atoms. The van der Waals surface area contributed by atoms with Crippen LogP contribution < -0.4 is 16.0 Å². The fourth-order valence-electron chi connectivity index (χ4n) is 5.98. The highest BCUT2D eigenvalue weighted by Crippen LogP contribution is 2.25. The highest BCUT2D eigenvalue weighted by molar-refractivity contribution is 5.89. The van der Waals surface area contributed by atoms with Gasteiger partial charge in [-0.3, -0.25) is 4.79 Å². The zero-order chi connectivity index (χ0) is 31.8. The number of nitrogens with zero attached hydrogens (tertiary/aromatic N) is 1. The number of aryl methyl sites for hydroxylation is 1. The van der Waals surface area contributed by atoms with E-state index in [-0.39, 0.29) is 36.2 Å². The van der Waals surface area contributed by atoms with Crippen molar-refractivity contribution in [3.8, 4) is 0 Å². The summed E-state index contributed by atoms with van der Waals surface area (Å²) in [7, 11) is 0. The molecule has 0 spiro atoms. The number of urea groups is 1. The topological polar surface area (TPSA) is 141 Å². The SMILES string of the molecule is Cc1[nH]c([C@@H](Cc2c[nH]c3ccccc23)NC(=O)[C@H](CC(C)C)NC(=O)NC2CCCCC2)nc1C(=O)OCc1ccccc1. The molecular weight excluding hydrogens is 568 g/mol. The first-order chi connectivity index (χ1) is 21.8. The molecule has 2 aromatic heterocycles. The van der Waals surface area contributed by atoms with Gasteiger partial charge in [-0.15, -0.1) is 0 Å². The Labute approximate surface area is 264 Å². The van der Waals surface area contributed by atoms with Gasteiger partial charge in [0, 0.05) is 35.3 Å². The van der Waals surface area contributed by atoms with E-state index in [9.17, 15) is 14.4 Å². The number of esters is 1. The molecule has 4 aromatic rings. The Balaban J connectivity index is 1.36. The van der Waals surface area contributed by atoms with Crippen molar-refractivity contribution in [2.45, 2.75) is 90.4 Å². The summed E-state index contributed by atoms with van der Waals surface area (Å²) in [6.07, 6.45) is 8.10. The van der Waals surface area contributed by atoms with Crippen LogP contribution in [-0.2, 0) is 22.6 Å². The number of amides is 3. The van der Waals surface area contributed by atoms with Gasteiger partial charge in [0.05, 0.1) is 6.04 Å². The van der Waals surface area contributed by atoms with Crippen LogP contribution in [-0.4, -0.2) is 44.9 Å². The normalized spacial score (nSPS) is 15.0. The number of aromatic nitrogens is 3. The van der Waals surface area contributed by atoms with E-state index in [2.05, 4.69) is 30.9 Å². The molecule has 1 aliphatic rings. The molecule has 0 unspecified atom stereocenters. The van der Waals surface area contributed by atoms with E-state index in [4.69, 9.17) is 4.74 Å². The summed E-state index contributed by atoms with van der Waals surface area (Å²) in [5.74, 6) is -0.253. The molecule has 45 heavy (non-hydrogen) atoms. The highest BCUT2D eigenvalue weighted by Gasteiger charge is 2.29. The van der Waals surface area contributed by atoms with E-state index in [1.165, 1.54) is 6.42 Å². The third-order valence-corrected chi connectivity index (χ3v) is 8.32. The largest absolute Gasteiger partial charge is 0.456 e. The van der Waals surface area contributed by atoms with Crippen LogP contribution in [0, 0.1) is 12.8 Å². The number of rotatable bonds is 12. The zero-order valence-corrected chi connectivity index (χ0v) is 26.3. The fourth-order valence-corrected chi connectivity index (χ4v) is 5.98. The molecular formula is C35H44N6O4. The molecule has 2 aromatic carbocycles. The lowest BCUT2D eigenvalue weighted by Gasteiger charge is -2.26. The summed E-state index contributed by atoms with van der Waals surface area (Å²) in [5.41, 5.74) is 3.56. The monoisotopic (exact) mass is 612 g/mol. The quantitative estimate of drug-likeness (QED) is 0.125. The minimum atomic E-state index is -0.745. The second-order valence-corrected chi connectivity index (χ2v) is 12.4. The van der Waals surface area contributed by atoms with Crippen molar-refractivity contribution in [3.05, 3.63) is 89.1 Å². The van der Waals surface area contributed by atoms with Crippen LogP contribution in [0.3, 0.4) is 0 Å². The molecule has 0 aliphatic heterocycles. The van der Waals surface area contributed by atoms with Crippen LogP contribution in [0.15, 0.2) is 60.8 Å². The Kier molecular flexibility index (Phi) is 10.5. The average Bonchev–Trinajstić information content (AvgIpc) is 3.63. The summed E-state index contributed by atoms with van der Waals surface area (Å²) in [4.78, 5) is 51.1. The lowest BCUT2D eigenvalue weighted by atomic mass is 9.96. The van der Waals surface area contributed by atoms with Gasteiger partial charge in [-0.1, -0.05) is 81.6 Å². The summed E-state index contributed by atoms with van der Waals surface area (Å²) in [5, 5.41) is 10.2. The Morgan fingerprint density at radius 1 is 0.978 bits per heavy atom. The molecule has 3 amide bonds. The Morgan fingerprint density at radius 3 is 2.47 bits per heavy atom. The van der Waals surface area contributed by atoms with Crippen LogP contribution in [0.4, 0.5) is 4.79 Å². The van der Waals surface area contributed by atoms with E-state index in [0.717, 1.165) is 47.7 Å². The molecule has 1 fully saturated rings. The summed E-state index contributed by atoms with van der Waals surface area (Å²) < 4.78 is 5.55. The minimum absolute atomic E-state index is 0.127. The molecule has 2 heterocycles. The van der Waals surface area contributed by atoms with Gasteiger partial charge in [-0.2, -0.15) is 0 Å². The van der Waals surface area contributed by atoms with Crippen molar-refractivity contribution in [2.24, 2.45) is 5.92 Å². The molecule has 10 nitrogen and oxygen atoms in total. The number of carbonyl (C=O) groups is 3. The number of H-pyrrole nitrogens is 2. The number of ether oxygens (including phenoxy) is 1. The maximum absolute atomic E-state index is 13.9. The van der Waals surface area contributed by atoms with Gasteiger partial charge >= 0.3 is 12.0 Å². The van der Waals surface area contributed by atoms with Crippen molar-refractivity contribution in [3.63, 3.8) is 0 Å². The fraction of sp³-hybridized carbons (Fsp3) is 0.429. The number of carbonyl (C=O) groups excluding carboxylic acids is 3. The number of nitrogens with one attached hydrogen (secondary N) is 5. The van der Waals surface area contributed by atoms with Crippen LogP contribution >= 0.6 is 0 Å². The molecule has 5 N–H and O–H groups in total. The molecule has 0 radical (unpaired) electrons. The molecule has 1 saturated carbocycles. The third-order valence-electron chi connectivity index (χ3n) is 8.32. The average molecular weight is 613 g/mol. The van der Waals surface area contributed by atoms with E-state index in [0.29, 0.717) is 24.4 Å². The van der Waals surface area contributed by atoms with E-state index in [1.54, 1.807) is 6.92 Å². The molecule has 0 saturated heterocycles. The second kappa shape index (κ2) is 14.9. The second-order valence-electron chi connectivity index (χ2n) is 12.4. The maximum Gasteiger partial charge on any atom is 0.359 e. The van der Waals surface area contributed by atoms with Crippen LogP contribution in [0.5, 0.6) is 0 Å². The van der Waals surface area contributed by atoms with Crippen molar-refractivity contribution in [1.29, 1.82) is 0 Å². The summed E-state index contributed by atoms with van der Waals surface area (Å²) >= 11 is 0. The number of benzene rings is 2. The van der Waals surface area contributed by atoms with Crippen molar-refractivity contribution in [2.75, 3.05) is 0 Å².